The quantitative estimate of drug-likeness (QED) is 0.767. The highest BCUT2D eigenvalue weighted by molar-refractivity contribution is 8.00. The van der Waals surface area contributed by atoms with Crippen LogP contribution >= 0.6 is 11.8 Å². The van der Waals surface area contributed by atoms with Crippen LogP contribution in [0.1, 0.15) is 19.4 Å². The van der Waals surface area contributed by atoms with E-state index in [1.54, 1.807) is 11.8 Å². The first-order chi connectivity index (χ1) is 6.70. The van der Waals surface area contributed by atoms with E-state index in [0.29, 0.717) is 0 Å². The third kappa shape index (κ3) is 1.64. The fourth-order valence-electron chi connectivity index (χ4n) is 1.48. The SMILES string of the molecule is CCc1ccc2c(c1)NC(=O)C(C)S2. The first-order valence-corrected chi connectivity index (χ1v) is 5.69. The Morgan fingerprint density at radius 2 is 2.29 bits per heavy atom. The number of hydrogen-bond acceptors (Lipinski definition) is 2. The molecule has 2 rings (SSSR count). The van der Waals surface area contributed by atoms with Crippen molar-refractivity contribution in [1.29, 1.82) is 0 Å². The second-order valence-corrected chi connectivity index (χ2v) is 4.82. The van der Waals surface area contributed by atoms with Gasteiger partial charge in [-0.1, -0.05) is 13.0 Å². The van der Waals surface area contributed by atoms with Crippen LogP contribution in [0.3, 0.4) is 0 Å². The third-order valence-corrected chi connectivity index (χ3v) is 3.56. The fourth-order valence-corrected chi connectivity index (χ4v) is 2.41. The summed E-state index contributed by atoms with van der Waals surface area (Å²) in [5.41, 5.74) is 2.23. The van der Waals surface area contributed by atoms with Crippen LogP contribution in [0, 0.1) is 0 Å². The van der Waals surface area contributed by atoms with E-state index in [9.17, 15) is 4.79 Å². The van der Waals surface area contributed by atoms with Crippen LogP contribution in [0.2, 0.25) is 0 Å². The maximum atomic E-state index is 11.4. The molecule has 1 heterocycles. The number of aryl methyl sites for hydroxylation is 1. The zero-order valence-electron chi connectivity index (χ0n) is 8.33. The van der Waals surface area contributed by atoms with Gasteiger partial charge in [0.05, 0.1) is 10.9 Å². The van der Waals surface area contributed by atoms with Crippen LogP contribution < -0.4 is 5.32 Å². The molecule has 0 saturated heterocycles. The number of fused-ring (bicyclic) bond motifs is 1. The van der Waals surface area contributed by atoms with E-state index in [1.165, 1.54) is 10.5 Å². The first-order valence-electron chi connectivity index (χ1n) is 4.81. The third-order valence-electron chi connectivity index (χ3n) is 2.38. The van der Waals surface area contributed by atoms with Crippen LogP contribution in [0.25, 0.3) is 0 Å². The topological polar surface area (TPSA) is 29.1 Å². The number of carbonyl (C=O) groups is 1. The Morgan fingerprint density at radius 1 is 1.50 bits per heavy atom. The average Bonchev–Trinajstić information content (AvgIpc) is 2.19. The van der Waals surface area contributed by atoms with Crippen LogP contribution in [-0.4, -0.2) is 11.2 Å². The molecule has 0 fully saturated rings. The van der Waals surface area contributed by atoms with Gasteiger partial charge in [0, 0.05) is 4.90 Å². The lowest BCUT2D eigenvalue weighted by Gasteiger charge is -2.21. The predicted octanol–water partition coefficient (Wildman–Crippen LogP) is 2.68. The number of benzene rings is 1. The van der Waals surface area contributed by atoms with Crippen molar-refractivity contribution >= 4 is 23.4 Å². The number of anilines is 1. The monoisotopic (exact) mass is 207 g/mol. The summed E-state index contributed by atoms with van der Waals surface area (Å²) in [5, 5.41) is 2.95. The Kier molecular flexibility index (Phi) is 2.50. The van der Waals surface area contributed by atoms with Crippen molar-refractivity contribution in [2.75, 3.05) is 5.32 Å². The summed E-state index contributed by atoms with van der Waals surface area (Å²) in [7, 11) is 0. The molecule has 3 heteroatoms. The lowest BCUT2D eigenvalue weighted by Crippen LogP contribution is -2.26. The highest BCUT2D eigenvalue weighted by Crippen LogP contribution is 2.35. The van der Waals surface area contributed by atoms with E-state index in [1.807, 2.05) is 6.92 Å². The number of carbonyl (C=O) groups excluding carboxylic acids is 1. The highest BCUT2D eigenvalue weighted by atomic mass is 32.2. The second kappa shape index (κ2) is 3.65. The van der Waals surface area contributed by atoms with Gasteiger partial charge in [-0.05, 0) is 31.0 Å². The molecule has 14 heavy (non-hydrogen) atoms. The molecule has 0 spiro atoms. The molecular weight excluding hydrogens is 194 g/mol. The van der Waals surface area contributed by atoms with Gasteiger partial charge < -0.3 is 5.32 Å². The molecule has 1 aliphatic heterocycles. The molecule has 1 aliphatic rings. The molecular formula is C11H13NOS. The minimum Gasteiger partial charge on any atom is -0.324 e. The van der Waals surface area contributed by atoms with Crippen molar-refractivity contribution in [2.24, 2.45) is 0 Å². The van der Waals surface area contributed by atoms with E-state index in [4.69, 9.17) is 0 Å². The fraction of sp³-hybridized carbons (Fsp3) is 0.364. The Bertz CT molecular complexity index is 376. The molecule has 0 aliphatic carbocycles. The van der Waals surface area contributed by atoms with Crippen molar-refractivity contribution in [3.05, 3.63) is 23.8 Å². The van der Waals surface area contributed by atoms with Crippen LogP contribution in [-0.2, 0) is 11.2 Å². The van der Waals surface area contributed by atoms with Gasteiger partial charge in [0.1, 0.15) is 0 Å². The lowest BCUT2D eigenvalue weighted by atomic mass is 10.1. The van der Waals surface area contributed by atoms with E-state index >= 15 is 0 Å². The summed E-state index contributed by atoms with van der Waals surface area (Å²) in [6.45, 7) is 4.04. The molecule has 0 bridgehead atoms. The molecule has 1 amide bonds. The van der Waals surface area contributed by atoms with Gasteiger partial charge >= 0.3 is 0 Å². The van der Waals surface area contributed by atoms with Crippen LogP contribution in [0.4, 0.5) is 5.69 Å². The number of rotatable bonds is 1. The highest BCUT2D eigenvalue weighted by Gasteiger charge is 2.22. The van der Waals surface area contributed by atoms with E-state index in [-0.39, 0.29) is 11.2 Å². The maximum Gasteiger partial charge on any atom is 0.237 e. The molecule has 1 unspecified atom stereocenters. The van der Waals surface area contributed by atoms with E-state index < -0.39 is 0 Å². The summed E-state index contributed by atoms with van der Waals surface area (Å²) in [6.07, 6.45) is 1.00. The van der Waals surface area contributed by atoms with E-state index in [0.717, 1.165) is 12.1 Å². The Hall–Kier alpha value is -0.960. The van der Waals surface area contributed by atoms with Gasteiger partial charge in [-0.3, -0.25) is 4.79 Å². The van der Waals surface area contributed by atoms with Crippen LogP contribution in [0.5, 0.6) is 0 Å². The predicted molar refractivity (Wildman–Crippen MR) is 59.8 cm³/mol. The average molecular weight is 207 g/mol. The molecule has 2 nitrogen and oxygen atoms in total. The number of hydrogen-bond donors (Lipinski definition) is 1. The molecule has 1 atom stereocenters. The molecule has 0 aromatic heterocycles. The summed E-state index contributed by atoms with van der Waals surface area (Å²) >= 11 is 1.63. The number of nitrogens with one attached hydrogen (secondary N) is 1. The molecule has 74 valence electrons. The minimum atomic E-state index is 0.0231. The number of amides is 1. The Labute approximate surface area is 88.1 Å². The van der Waals surface area contributed by atoms with Gasteiger partial charge in [0.2, 0.25) is 5.91 Å². The Balaban J connectivity index is 2.37. The molecule has 1 N–H and O–H groups in total. The van der Waals surface area contributed by atoms with Crippen molar-refractivity contribution in [1.82, 2.24) is 0 Å². The summed E-state index contributed by atoms with van der Waals surface area (Å²) in [5.74, 6) is 0.107. The second-order valence-electron chi connectivity index (χ2n) is 3.43. The maximum absolute atomic E-state index is 11.4. The smallest absolute Gasteiger partial charge is 0.237 e. The molecule has 0 saturated carbocycles. The molecule has 1 aromatic carbocycles. The zero-order chi connectivity index (χ0) is 10.1. The first kappa shape index (κ1) is 9.59. The summed E-state index contributed by atoms with van der Waals surface area (Å²) in [6, 6.07) is 6.27. The van der Waals surface area contributed by atoms with Gasteiger partial charge in [0.25, 0.3) is 0 Å². The van der Waals surface area contributed by atoms with Crippen molar-refractivity contribution in [3.63, 3.8) is 0 Å². The summed E-state index contributed by atoms with van der Waals surface area (Å²) < 4.78 is 0. The largest absolute Gasteiger partial charge is 0.324 e. The van der Waals surface area contributed by atoms with Crippen molar-refractivity contribution in [2.45, 2.75) is 30.4 Å². The Morgan fingerprint density at radius 3 is 3.00 bits per heavy atom. The van der Waals surface area contributed by atoms with Gasteiger partial charge in [-0.15, -0.1) is 11.8 Å². The summed E-state index contributed by atoms with van der Waals surface area (Å²) in [4.78, 5) is 12.6. The standard InChI is InChI=1S/C11H13NOS/c1-3-8-4-5-10-9(6-8)12-11(13)7(2)14-10/h4-7H,3H2,1-2H3,(H,12,13). The van der Waals surface area contributed by atoms with Crippen molar-refractivity contribution in [3.8, 4) is 0 Å². The van der Waals surface area contributed by atoms with Crippen molar-refractivity contribution < 1.29 is 4.79 Å². The van der Waals surface area contributed by atoms with E-state index in [2.05, 4.69) is 30.4 Å². The van der Waals surface area contributed by atoms with Gasteiger partial charge in [-0.25, -0.2) is 0 Å². The molecule has 1 aromatic rings. The zero-order valence-corrected chi connectivity index (χ0v) is 9.15. The number of thioether (sulfide) groups is 1. The lowest BCUT2D eigenvalue weighted by molar-refractivity contribution is -0.115. The minimum absolute atomic E-state index is 0.0231. The normalized spacial score (nSPS) is 20.1. The van der Waals surface area contributed by atoms with Gasteiger partial charge in [0.15, 0.2) is 0 Å². The van der Waals surface area contributed by atoms with Crippen LogP contribution in [0.15, 0.2) is 23.1 Å². The molecule has 0 radical (unpaired) electrons. The van der Waals surface area contributed by atoms with Gasteiger partial charge in [-0.2, -0.15) is 0 Å².